The van der Waals surface area contributed by atoms with E-state index in [0.29, 0.717) is 16.2 Å². The summed E-state index contributed by atoms with van der Waals surface area (Å²) >= 11 is 6.11. The molecule has 0 radical (unpaired) electrons. The highest BCUT2D eigenvalue weighted by atomic mass is 35.5. The number of hydrazine groups is 1. The zero-order valence-electron chi connectivity index (χ0n) is 17.1. The third-order valence-electron chi connectivity index (χ3n) is 5.68. The standard InChI is InChI=1S/C25H23ClN4O/c26-20-13-11-18(12-14-20)22-23(19-8-3-1-4-9-19)30-17-7-10-21(24(30)27-22)25(31)28-29-15-5-2-6-16-29/h1,3-4,7-14,17H,2,5-6,15-16H2,(H,28,31). The first kappa shape index (κ1) is 19.8. The molecular formula is C25H23ClN4O. The molecule has 1 aliphatic heterocycles. The number of halogens is 1. The number of nitrogens with zero attached hydrogens (tertiary/aromatic N) is 3. The molecule has 1 N–H and O–H groups in total. The van der Waals surface area contributed by atoms with Crippen molar-refractivity contribution in [3.05, 3.63) is 83.5 Å². The number of benzene rings is 2. The molecule has 6 heteroatoms. The summed E-state index contributed by atoms with van der Waals surface area (Å²) < 4.78 is 2.00. The van der Waals surface area contributed by atoms with E-state index in [-0.39, 0.29) is 5.91 Å². The van der Waals surface area contributed by atoms with Gasteiger partial charge in [-0.1, -0.05) is 60.5 Å². The van der Waals surface area contributed by atoms with E-state index in [1.807, 2.05) is 70.2 Å². The Hall–Kier alpha value is -3.15. The highest BCUT2D eigenvalue weighted by molar-refractivity contribution is 6.30. The number of carbonyl (C=O) groups is 1. The van der Waals surface area contributed by atoms with Crippen molar-refractivity contribution >= 4 is 23.2 Å². The molecule has 0 bridgehead atoms. The summed E-state index contributed by atoms with van der Waals surface area (Å²) in [5.74, 6) is -0.125. The molecule has 4 aromatic rings. The summed E-state index contributed by atoms with van der Waals surface area (Å²) in [7, 11) is 0. The largest absolute Gasteiger partial charge is 0.298 e. The number of pyridine rings is 1. The number of imidazole rings is 1. The highest BCUT2D eigenvalue weighted by Gasteiger charge is 2.22. The van der Waals surface area contributed by atoms with Crippen LogP contribution in [-0.4, -0.2) is 33.4 Å². The van der Waals surface area contributed by atoms with E-state index in [4.69, 9.17) is 16.6 Å². The zero-order valence-corrected chi connectivity index (χ0v) is 17.8. The van der Waals surface area contributed by atoms with E-state index in [1.165, 1.54) is 6.42 Å². The second-order valence-corrected chi connectivity index (χ2v) is 8.22. The molecule has 0 spiro atoms. The predicted octanol–water partition coefficient (Wildman–Crippen LogP) is 5.45. The number of rotatable bonds is 4. The summed E-state index contributed by atoms with van der Waals surface area (Å²) in [5, 5.41) is 2.69. The second kappa shape index (κ2) is 8.53. The fourth-order valence-electron chi connectivity index (χ4n) is 4.14. The topological polar surface area (TPSA) is 49.6 Å². The summed E-state index contributed by atoms with van der Waals surface area (Å²) in [6.07, 6.45) is 5.38. The molecule has 1 aliphatic rings. The van der Waals surface area contributed by atoms with Crippen LogP contribution < -0.4 is 5.43 Å². The molecule has 2 aromatic carbocycles. The molecular weight excluding hydrogens is 408 g/mol. The van der Waals surface area contributed by atoms with E-state index in [0.717, 1.165) is 48.4 Å². The lowest BCUT2D eigenvalue weighted by Crippen LogP contribution is -2.45. The molecule has 5 nitrogen and oxygen atoms in total. The van der Waals surface area contributed by atoms with Gasteiger partial charge in [-0.3, -0.25) is 14.6 Å². The summed E-state index contributed by atoms with van der Waals surface area (Å²) in [6, 6.07) is 21.5. The molecule has 1 amide bonds. The van der Waals surface area contributed by atoms with Crippen LogP contribution in [0, 0.1) is 0 Å². The minimum absolute atomic E-state index is 0.125. The van der Waals surface area contributed by atoms with Crippen molar-refractivity contribution in [2.45, 2.75) is 19.3 Å². The Labute approximate surface area is 186 Å². The molecule has 0 atom stereocenters. The third kappa shape index (κ3) is 3.94. The average Bonchev–Trinajstić information content (AvgIpc) is 3.20. The van der Waals surface area contributed by atoms with Gasteiger partial charge >= 0.3 is 0 Å². The fraction of sp³-hybridized carbons (Fsp3) is 0.200. The van der Waals surface area contributed by atoms with Gasteiger partial charge in [-0.15, -0.1) is 0 Å². The molecule has 1 fully saturated rings. The molecule has 2 aromatic heterocycles. The Kier molecular flexibility index (Phi) is 5.45. The van der Waals surface area contributed by atoms with Crippen LogP contribution in [0.5, 0.6) is 0 Å². The number of fused-ring (bicyclic) bond motifs is 1. The van der Waals surface area contributed by atoms with Gasteiger partial charge < -0.3 is 0 Å². The fourth-order valence-corrected chi connectivity index (χ4v) is 4.26. The van der Waals surface area contributed by atoms with Crippen molar-refractivity contribution in [2.24, 2.45) is 0 Å². The molecule has 31 heavy (non-hydrogen) atoms. The minimum Gasteiger partial charge on any atom is -0.298 e. The lowest BCUT2D eigenvalue weighted by molar-refractivity contribution is 0.0751. The van der Waals surface area contributed by atoms with E-state index < -0.39 is 0 Å². The van der Waals surface area contributed by atoms with Crippen LogP contribution in [0.4, 0.5) is 0 Å². The number of nitrogens with one attached hydrogen (secondary N) is 1. The molecule has 0 aliphatic carbocycles. The van der Waals surface area contributed by atoms with Crippen LogP contribution in [0.2, 0.25) is 5.02 Å². The van der Waals surface area contributed by atoms with E-state index in [1.54, 1.807) is 0 Å². The van der Waals surface area contributed by atoms with Gasteiger partial charge in [0.25, 0.3) is 5.91 Å². The number of hydrogen-bond acceptors (Lipinski definition) is 3. The normalized spacial score (nSPS) is 14.6. The van der Waals surface area contributed by atoms with E-state index in [9.17, 15) is 4.79 Å². The number of hydrogen-bond donors (Lipinski definition) is 1. The van der Waals surface area contributed by atoms with Crippen LogP contribution in [0.15, 0.2) is 72.9 Å². The van der Waals surface area contributed by atoms with Crippen molar-refractivity contribution in [1.29, 1.82) is 0 Å². The maximum absolute atomic E-state index is 13.1. The van der Waals surface area contributed by atoms with Crippen molar-refractivity contribution < 1.29 is 4.79 Å². The van der Waals surface area contributed by atoms with Gasteiger partial charge in [0.2, 0.25) is 0 Å². The molecule has 0 unspecified atom stereocenters. The Morgan fingerprint density at radius 3 is 2.35 bits per heavy atom. The maximum atomic E-state index is 13.1. The number of carbonyl (C=O) groups excluding carboxylic acids is 1. The third-order valence-corrected chi connectivity index (χ3v) is 5.93. The summed E-state index contributed by atoms with van der Waals surface area (Å²) in [4.78, 5) is 18.1. The SMILES string of the molecule is O=C(NN1CCCCC1)c1cccn2c(-c3ccccc3)c(-c3ccc(Cl)cc3)nc12. The monoisotopic (exact) mass is 430 g/mol. The van der Waals surface area contributed by atoms with Crippen LogP contribution in [0.3, 0.4) is 0 Å². The van der Waals surface area contributed by atoms with Crippen molar-refractivity contribution in [2.75, 3.05) is 13.1 Å². The highest BCUT2D eigenvalue weighted by Crippen LogP contribution is 2.34. The Morgan fingerprint density at radius 1 is 0.871 bits per heavy atom. The molecule has 0 saturated carbocycles. The van der Waals surface area contributed by atoms with Gasteiger partial charge in [0.05, 0.1) is 17.0 Å². The van der Waals surface area contributed by atoms with Gasteiger partial charge in [-0.05, 0) is 37.1 Å². The Balaban J connectivity index is 1.64. The number of amides is 1. The molecule has 156 valence electrons. The first-order valence-electron chi connectivity index (χ1n) is 10.6. The van der Waals surface area contributed by atoms with Crippen LogP contribution in [0.25, 0.3) is 28.2 Å². The smallest absolute Gasteiger partial charge is 0.269 e. The number of aromatic nitrogens is 2. The Bertz CT molecular complexity index is 1210. The van der Waals surface area contributed by atoms with Gasteiger partial charge in [0.1, 0.15) is 0 Å². The van der Waals surface area contributed by atoms with Gasteiger partial charge in [-0.25, -0.2) is 9.99 Å². The predicted molar refractivity (Wildman–Crippen MR) is 124 cm³/mol. The van der Waals surface area contributed by atoms with Crippen molar-refractivity contribution in [1.82, 2.24) is 19.8 Å². The van der Waals surface area contributed by atoms with Crippen molar-refractivity contribution in [3.8, 4) is 22.5 Å². The van der Waals surface area contributed by atoms with Gasteiger partial charge in [0, 0.05) is 35.4 Å². The molecule has 5 rings (SSSR count). The summed E-state index contributed by atoms with van der Waals surface area (Å²) in [6.45, 7) is 1.77. The molecule has 1 saturated heterocycles. The zero-order chi connectivity index (χ0) is 21.2. The quantitative estimate of drug-likeness (QED) is 0.468. The minimum atomic E-state index is -0.125. The van der Waals surface area contributed by atoms with E-state index in [2.05, 4.69) is 17.6 Å². The van der Waals surface area contributed by atoms with Crippen LogP contribution in [-0.2, 0) is 0 Å². The van der Waals surface area contributed by atoms with E-state index >= 15 is 0 Å². The Morgan fingerprint density at radius 2 is 1.61 bits per heavy atom. The lowest BCUT2D eigenvalue weighted by Gasteiger charge is -2.26. The molecule has 3 heterocycles. The van der Waals surface area contributed by atoms with Crippen molar-refractivity contribution in [3.63, 3.8) is 0 Å². The summed E-state index contributed by atoms with van der Waals surface area (Å²) in [5.41, 5.74) is 8.03. The first-order chi connectivity index (χ1) is 15.2. The van der Waals surface area contributed by atoms with Crippen LogP contribution in [0.1, 0.15) is 29.6 Å². The van der Waals surface area contributed by atoms with Gasteiger partial charge in [-0.2, -0.15) is 0 Å². The maximum Gasteiger partial charge on any atom is 0.269 e. The first-order valence-corrected chi connectivity index (χ1v) is 11.0. The lowest BCUT2D eigenvalue weighted by atomic mass is 10.1. The van der Waals surface area contributed by atoms with Gasteiger partial charge in [0.15, 0.2) is 5.65 Å². The average molecular weight is 431 g/mol. The number of piperidine rings is 1. The second-order valence-electron chi connectivity index (χ2n) is 7.79. The van der Waals surface area contributed by atoms with Crippen LogP contribution >= 0.6 is 11.6 Å².